The Labute approximate surface area is 80.2 Å². The molecular formula is C12H18O. The highest BCUT2D eigenvalue weighted by Gasteiger charge is 2.22. The SMILES string of the molecule is O=CCC1CCC2=C(CCCC2)C1. The second-order valence-electron chi connectivity index (χ2n) is 4.43. The number of aldehydes is 1. The number of carbonyl (C=O) groups excluding carboxylic acids is 1. The standard InChI is InChI=1S/C12H18O/c13-8-7-10-5-6-11-3-1-2-4-12(11)9-10/h8,10H,1-7,9H2. The Balaban J connectivity index is 2.00. The van der Waals surface area contributed by atoms with E-state index in [-0.39, 0.29) is 0 Å². The predicted molar refractivity (Wildman–Crippen MR) is 53.5 cm³/mol. The monoisotopic (exact) mass is 178 g/mol. The third kappa shape index (κ3) is 2.01. The minimum Gasteiger partial charge on any atom is -0.303 e. The van der Waals surface area contributed by atoms with Crippen LogP contribution in [-0.4, -0.2) is 6.29 Å². The van der Waals surface area contributed by atoms with Crippen LogP contribution in [0.2, 0.25) is 0 Å². The third-order valence-electron chi connectivity index (χ3n) is 3.53. The van der Waals surface area contributed by atoms with Gasteiger partial charge in [0.1, 0.15) is 6.29 Å². The highest BCUT2D eigenvalue weighted by Crippen LogP contribution is 2.38. The average Bonchev–Trinajstić information content (AvgIpc) is 2.18. The molecule has 0 N–H and O–H groups in total. The molecule has 0 radical (unpaired) electrons. The number of hydrogen-bond donors (Lipinski definition) is 0. The van der Waals surface area contributed by atoms with Crippen molar-refractivity contribution < 1.29 is 4.79 Å². The molecule has 0 amide bonds. The van der Waals surface area contributed by atoms with Crippen LogP contribution in [0, 0.1) is 5.92 Å². The Morgan fingerprint density at radius 3 is 2.69 bits per heavy atom. The molecule has 0 saturated carbocycles. The van der Waals surface area contributed by atoms with Crippen LogP contribution in [0.1, 0.15) is 51.4 Å². The molecule has 0 fully saturated rings. The number of hydrogen-bond acceptors (Lipinski definition) is 1. The molecule has 72 valence electrons. The smallest absolute Gasteiger partial charge is 0.120 e. The zero-order valence-electron chi connectivity index (χ0n) is 8.22. The molecule has 0 spiro atoms. The van der Waals surface area contributed by atoms with Gasteiger partial charge < -0.3 is 4.79 Å². The lowest BCUT2D eigenvalue weighted by Crippen LogP contribution is -2.13. The molecule has 0 aromatic carbocycles. The number of carbonyl (C=O) groups is 1. The van der Waals surface area contributed by atoms with E-state index in [9.17, 15) is 4.79 Å². The second kappa shape index (κ2) is 4.08. The normalized spacial score (nSPS) is 28.5. The Kier molecular flexibility index (Phi) is 2.82. The molecule has 1 heteroatoms. The van der Waals surface area contributed by atoms with Crippen LogP contribution in [-0.2, 0) is 4.79 Å². The van der Waals surface area contributed by atoms with Crippen molar-refractivity contribution in [1.29, 1.82) is 0 Å². The zero-order chi connectivity index (χ0) is 9.10. The van der Waals surface area contributed by atoms with Crippen molar-refractivity contribution in [2.24, 2.45) is 5.92 Å². The summed E-state index contributed by atoms with van der Waals surface area (Å²) in [5, 5.41) is 0. The van der Waals surface area contributed by atoms with Gasteiger partial charge in [0, 0.05) is 6.42 Å². The minimum absolute atomic E-state index is 0.675. The van der Waals surface area contributed by atoms with Gasteiger partial charge in [-0.25, -0.2) is 0 Å². The summed E-state index contributed by atoms with van der Waals surface area (Å²) in [5.41, 5.74) is 3.46. The Bertz CT molecular complexity index is 227. The fourth-order valence-corrected chi connectivity index (χ4v) is 2.74. The summed E-state index contributed by atoms with van der Waals surface area (Å²) in [6.07, 6.45) is 11.1. The first-order chi connectivity index (χ1) is 6.40. The van der Waals surface area contributed by atoms with Crippen LogP contribution in [0.15, 0.2) is 11.1 Å². The molecule has 2 aliphatic carbocycles. The topological polar surface area (TPSA) is 17.1 Å². The lowest BCUT2D eigenvalue weighted by atomic mass is 9.76. The molecule has 0 aliphatic heterocycles. The zero-order valence-corrected chi connectivity index (χ0v) is 8.22. The molecule has 0 aromatic heterocycles. The first kappa shape index (κ1) is 8.98. The maximum Gasteiger partial charge on any atom is 0.120 e. The van der Waals surface area contributed by atoms with E-state index in [0.29, 0.717) is 5.92 Å². The maximum atomic E-state index is 10.4. The predicted octanol–water partition coefficient (Wildman–Crippen LogP) is 3.25. The lowest BCUT2D eigenvalue weighted by Gasteiger charge is -2.29. The van der Waals surface area contributed by atoms with Gasteiger partial charge in [-0.1, -0.05) is 11.1 Å². The Morgan fingerprint density at radius 1 is 1.15 bits per heavy atom. The molecule has 1 atom stereocenters. The van der Waals surface area contributed by atoms with Crippen molar-refractivity contribution in [2.45, 2.75) is 51.4 Å². The van der Waals surface area contributed by atoms with Crippen LogP contribution in [0.5, 0.6) is 0 Å². The molecule has 1 nitrogen and oxygen atoms in total. The Hall–Kier alpha value is -0.590. The van der Waals surface area contributed by atoms with Gasteiger partial charge in [-0.05, 0) is 50.9 Å². The van der Waals surface area contributed by atoms with Gasteiger partial charge in [0.25, 0.3) is 0 Å². The van der Waals surface area contributed by atoms with Crippen molar-refractivity contribution in [3.8, 4) is 0 Å². The summed E-state index contributed by atoms with van der Waals surface area (Å²) >= 11 is 0. The fraction of sp³-hybridized carbons (Fsp3) is 0.750. The molecule has 2 rings (SSSR count). The van der Waals surface area contributed by atoms with Crippen LogP contribution in [0.4, 0.5) is 0 Å². The summed E-state index contributed by atoms with van der Waals surface area (Å²) in [6, 6.07) is 0. The fourth-order valence-electron chi connectivity index (χ4n) is 2.74. The van der Waals surface area contributed by atoms with E-state index in [1.54, 1.807) is 11.1 Å². The van der Waals surface area contributed by atoms with Crippen molar-refractivity contribution >= 4 is 6.29 Å². The van der Waals surface area contributed by atoms with Crippen LogP contribution in [0.25, 0.3) is 0 Å². The summed E-state index contributed by atoms with van der Waals surface area (Å²) in [6.45, 7) is 0. The van der Waals surface area contributed by atoms with Crippen LogP contribution >= 0.6 is 0 Å². The van der Waals surface area contributed by atoms with Crippen molar-refractivity contribution in [3.63, 3.8) is 0 Å². The van der Waals surface area contributed by atoms with Crippen molar-refractivity contribution in [3.05, 3.63) is 11.1 Å². The van der Waals surface area contributed by atoms with E-state index >= 15 is 0 Å². The van der Waals surface area contributed by atoms with Gasteiger partial charge in [-0.2, -0.15) is 0 Å². The van der Waals surface area contributed by atoms with E-state index < -0.39 is 0 Å². The summed E-state index contributed by atoms with van der Waals surface area (Å²) in [5.74, 6) is 0.675. The molecule has 1 unspecified atom stereocenters. The molecule has 0 saturated heterocycles. The van der Waals surface area contributed by atoms with E-state index in [2.05, 4.69) is 0 Å². The van der Waals surface area contributed by atoms with E-state index in [0.717, 1.165) is 12.7 Å². The van der Waals surface area contributed by atoms with E-state index in [4.69, 9.17) is 0 Å². The molecule has 0 heterocycles. The van der Waals surface area contributed by atoms with Gasteiger partial charge in [-0.3, -0.25) is 0 Å². The van der Waals surface area contributed by atoms with Gasteiger partial charge in [-0.15, -0.1) is 0 Å². The van der Waals surface area contributed by atoms with E-state index in [1.807, 2.05) is 0 Å². The quantitative estimate of drug-likeness (QED) is 0.468. The van der Waals surface area contributed by atoms with Crippen LogP contribution < -0.4 is 0 Å². The van der Waals surface area contributed by atoms with Gasteiger partial charge >= 0.3 is 0 Å². The molecule has 2 aliphatic rings. The Morgan fingerprint density at radius 2 is 1.92 bits per heavy atom. The number of allylic oxidation sites excluding steroid dienone is 2. The van der Waals surface area contributed by atoms with Gasteiger partial charge in [0.05, 0.1) is 0 Å². The minimum atomic E-state index is 0.675. The second-order valence-corrected chi connectivity index (χ2v) is 4.43. The van der Waals surface area contributed by atoms with Gasteiger partial charge in [0.15, 0.2) is 0 Å². The maximum absolute atomic E-state index is 10.4. The summed E-state index contributed by atoms with van der Waals surface area (Å²) < 4.78 is 0. The molecular weight excluding hydrogens is 160 g/mol. The van der Waals surface area contributed by atoms with Crippen LogP contribution in [0.3, 0.4) is 0 Å². The molecule has 0 bridgehead atoms. The van der Waals surface area contributed by atoms with Crippen molar-refractivity contribution in [1.82, 2.24) is 0 Å². The first-order valence-electron chi connectivity index (χ1n) is 5.53. The first-order valence-corrected chi connectivity index (χ1v) is 5.53. The highest BCUT2D eigenvalue weighted by molar-refractivity contribution is 5.50. The molecule has 13 heavy (non-hydrogen) atoms. The van der Waals surface area contributed by atoms with Gasteiger partial charge in [0.2, 0.25) is 0 Å². The molecule has 0 aromatic rings. The van der Waals surface area contributed by atoms with Crippen molar-refractivity contribution in [2.75, 3.05) is 0 Å². The highest BCUT2D eigenvalue weighted by atomic mass is 16.1. The number of rotatable bonds is 2. The average molecular weight is 178 g/mol. The largest absolute Gasteiger partial charge is 0.303 e. The van der Waals surface area contributed by atoms with E-state index in [1.165, 1.54) is 44.9 Å². The third-order valence-corrected chi connectivity index (χ3v) is 3.53. The summed E-state index contributed by atoms with van der Waals surface area (Å²) in [7, 11) is 0. The lowest BCUT2D eigenvalue weighted by molar-refractivity contribution is -0.108. The summed E-state index contributed by atoms with van der Waals surface area (Å²) in [4.78, 5) is 10.4.